The number of nitrogens with one attached hydrogen (secondary N) is 2. The quantitative estimate of drug-likeness (QED) is 0.581. The standard InChI is InChI=1S/C22H24ClN5/c23-18-6-4-17(5-7-18)16-25-22-24-13-12-21(27-22)26-19-8-10-20(11-9-19)28-14-2-1-3-15-28/h4-13H,1-3,14-16H2,(H2,24,25,26,27). The van der Waals surface area contributed by atoms with Crippen LogP contribution in [0, 0.1) is 0 Å². The molecule has 0 aliphatic carbocycles. The lowest BCUT2D eigenvalue weighted by atomic mass is 10.1. The van der Waals surface area contributed by atoms with Gasteiger partial charge in [0.05, 0.1) is 0 Å². The molecule has 2 heterocycles. The van der Waals surface area contributed by atoms with Gasteiger partial charge in [-0.2, -0.15) is 4.98 Å². The van der Waals surface area contributed by atoms with Gasteiger partial charge in [0.15, 0.2) is 0 Å². The summed E-state index contributed by atoms with van der Waals surface area (Å²) in [7, 11) is 0. The topological polar surface area (TPSA) is 53.1 Å². The average Bonchev–Trinajstić information content (AvgIpc) is 2.75. The van der Waals surface area contributed by atoms with Gasteiger partial charge < -0.3 is 15.5 Å². The van der Waals surface area contributed by atoms with E-state index in [1.807, 2.05) is 30.3 Å². The Hall–Kier alpha value is -2.79. The van der Waals surface area contributed by atoms with Crippen molar-refractivity contribution in [3.8, 4) is 0 Å². The Morgan fingerprint density at radius 1 is 0.893 bits per heavy atom. The summed E-state index contributed by atoms with van der Waals surface area (Å²) in [6.07, 6.45) is 5.67. The van der Waals surface area contributed by atoms with Gasteiger partial charge in [-0.05, 0) is 67.3 Å². The van der Waals surface area contributed by atoms with E-state index in [4.69, 9.17) is 11.6 Å². The van der Waals surface area contributed by atoms with E-state index in [0.717, 1.165) is 35.2 Å². The fourth-order valence-corrected chi connectivity index (χ4v) is 3.48. The molecule has 0 saturated carbocycles. The maximum Gasteiger partial charge on any atom is 0.224 e. The third-order valence-corrected chi connectivity index (χ3v) is 5.13. The van der Waals surface area contributed by atoms with Crippen LogP contribution in [0.15, 0.2) is 60.8 Å². The molecule has 28 heavy (non-hydrogen) atoms. The molecule has 4 rings (SSSR count). The van der Waals surface area contributed by atoms with E-state index in [0.29, 0.717) is 12.5 Å². The molecule has 0 radical (unpaired) electrons. The number of piperidine rings is 1. The smallest absolute Gasteiger partial charge is 0.224 e. The second-order valence-electron chi connectivity index (χ2n) is 6.97. The van der Waals surface area contributed by atoms with E-state index in [2.05, 4.69) is 49.8 Å². The molecule has 5 nitrogen and oxygen atoms in total. The second-order valence-corrected chi connectivity index (χ2v) is 7.40. The van der Waals surface area contributed by atoms with Crippen LogP contribution in [-0.2, 0) is 6.54 Å². The van der Waals surface area contributed by atoms with Crippen LogP contribution in [0.1, 0.15) is 24.8 Å². The number of nitrogens with zero attached hydrogens (tertiary/aromatic N) is 3. The fraction of sp³-hybridized carbons (Fsp3) is 0.273. The maximum absolute atomic E-state index is 5.92. The molecule has 144 valence electrons. The Morgan fingerprint density at radius 3 is 2.39 bits per heavy atom. The van der Waals surface area contributed by atoms with E-state index in [9.17, 15) is 0 Å². The third kappa shape index (κ3) is 4.93. The molecule has 1 aliphatic heterocycles. The highest BCUT2D eigenvalue weighted by atomic mass is 35.5. The van der Waals surface area contributed by atoms with Crippen LogP contribution in [0.4, 0.5) is 23.1 Å². The number of aromatic nitrogens is 2. The third-order valence-electron chi connectivity index (χ3n) is 4.88. The van der Waals surface area contributed by atoms with Crippen molar-refractivity contribution in [3.05, 3.63) is 71.4 Å². The number of hydrogen-bond donors (Lipinski definition) is 2. The lowest BCUT2D eigenvalue weighted by molar-refractivity contribution is 0.578. The molecule has 3 aromatic rings. The number of halogens is 1. The Balaban J connectivity index is 1.36. The van der Waals surface area contributed by atoms with Crippen molar-refractivity contribution in [2.45, 2.75) is 25.8 Å². The highest BCUT2D eigenvalue weighted by Gasteiger charge is 2.10. The molecular formula is C22H24ClN5. The first kappa shape index (κ1) is 18.6. The van der Waals surface area contributed by atoms with Crippen LogP contribution in [-0.4, -0.2) is 23.1 Å². The predicted molar refractivity (Wildman–Crippen MR) is 117 cm³/mol. The molecule has 0 atom stereocenters. The fourth-order valence-electron chi connectivity index (χ4n) is 3.35. The first-order valence-electron chi connectivity index (χ1n) is 9.70. The van der Waals surface area contributed by atoms with Gasteiger partial charge in [0.1, 0.15) is 5.82 Å². The van der Waals surface area contributed by atoms with E-state index in [1.165, 1.54) is 24.9 Å². The van der Waals surface area contributed by atoms with Crippen LogP contribution in [0.5, 0.6) is 0 Å². The van der Waals surface area contributed by atoms with Crippen LogP contribution in [0.2, 0.25) is 5.02 Å². The van der Waals surface area contributed by atoms with Crippen LogP contribution < -0.4 is 15.5 Å². The van der Waals surface area contributed by atoms with E-state index < -0.39 is 0 Å². The molecule has 0 spiro atoms. The molecule has 1 fully saturated rings. The van der Waals surface area contributed by atoms with Gasteiger partial charge >= 0.3 is 0 Å². The number of rotatable bonds is 6. The highest BCUT2D eigenvalue weighted by molar-refractivity contribution is 6.30. The zero-order chi connectivity index (χ0) is 19.2. The number of hydrogen-bond acceptors (Lipinski definition) is 5. The summed E-state index contributed by atoms with van der Waals surface area (Å²) < 4.78 is 0. The van der Waals surface area contributed by atoms with E-state index in [-0.39, 0.29) is 0 Å². The maximum atomic E-state index is 5.92. The monoisotopic (exact) mass is 393 g/mol. The Labute approximate surface area is 170 Å². The molecule has 1 aliphatic rings. The van der Waals surface area contributed by atoms with Gasteiger partial charge in [-0.3, -0.25) is 0 Å². The van der Waals surface area contributed by atoms with Crippen molar-refractivity contribution in [2.75, 3.05) is 28.6 Å². The molecule has 2 N–H and O–H groups in total. The summed E-state index contributed by atoms with van der Waals surface area (Å²) in [6, 6.07) is 18.2. The van der Waals surface area contributed by atoms with Crippen LogP contribution in [0.3, 0.4) is 0 Å². The van der Waals surface area contributed by atoms with Gasteiger partial charge in [-0.15, -0.1) is 0 Å². The minimum atomic E-state index is 0.588. The molecule has 1 saturated heterocycles. The largest absolute Gasteiger partial charge is 0.372 e. The van der Waals surface area contributed by atoms with Crippen molar-refractivity contribution < 1.29 is 0 Å². The van der Waals surface area contributed by atoms with Gasteiger partial charge in [0.2, 0.25) is 5.95 Å². The van der Waals surface area contributed by atoms with Crippen LogP contribution >= 0.6 is 11.6 Å². The first-order chi connectivity index (χ1) is 13.8. The molecule has 6 heteroatoms. The lowest BCUT2D eigenvalue weighted by Crippen LogP contribution is -2.29. The summed E-state index contributed by atoms with van der Waals surface area (Å²) in [6.45, 7) is 2.95. The second kappa shape index (κ2) is 8.93. The summed E-state index contributed by atoms with van der Waals surface area (Å²) in [5.74, 6) is 1.35. The molecule has 0 amide bonds. The predicted octanol–water partition coefficient (Wildman–Crippen LogP) is 5.48. The molecular weight excluding hydrogens is 370 g/mol. The van der Waals surface area contributed by atoms with E-state index in [1.54, 1.807) is 6.20 Å². The molecule has 2 aromatic carbocycles. The highest BCUT2D eigenvalue weighted by Crippen LogP contribution is 2.23. The zero-order valence-electron chi connectivity index (χ0n) is 15.7. The van der Waals surface area contributed by atoms with Gasteiger partial charge in [-0.25, -0.2) is 4.98 Å². The zero-order valence-corrected chi connectivity index (χ0v) is 16.5. The van der Waals surface area contributed by atoms with E-state index >= 15 is 0 Å². The summed E-state index contributed by atoms with van der Waals surface area (Å²) in [5, 5.41) is 7.33. The van der Waals surface area contributed by atoms with Crippen molar-refractivity contribution in [1.82, 2.24) is 9.97 Å². The summed E-state index contributed by atoms with van der Waals surface area (Å²) in [5.41, 5.74) is 3.43. The Bertz CT molecular complexity index is 890. The van der Waals surface area contributed by atoms with Gasteiger partial charge in [0, 0.05) is 42.2 Å². The van der Waals surface area contributed by atoms with Crippen molar-refractivity contribution in [1.29, 1.82) is 0 Å². The van der Waals surface area contributed by atoms with Crippen molar-refractivity contribution in [2.24, 2.45) is 0 Å². The normalized spacial score (nSPS) is 14.0. The first-order valence-corrected chi connectivity index (χ1v) is 10.1. The molecule has 0 bridgehead atoms. The van der Waals surface area contributed by atoms with Crippen LogP contribution in [0.25, 0.3) is 0 Å². The lowest BCUT2D eigenvalue weighted by Gasteiger charge is -2.28. The number of benzene rings is 2. The Morgan fingerprint density at radius 2 is 1.64 bits per heavy atom. The summed E-state index contributed by atoms with van der Waals surface area (Å²) in [4.78, 5) is 11.3. The van der Waals surface area contributed by atoms with Gasteiger partial charge in [-0.1, -0.05) is 23.7 Å². The average molecular weight is 394 g/mol. The van der Waals surface area contributed by atoms with Crippen molar-refractivity contribution in [3.63, 3.8) is 0 Å². The van der Waals surface area contributed by atoms with Crippen molar-refractivity contribution >= 4 is 34.7 Å². The SMILES string of the molecule is Clc1ccc(CNc2nccc(Nc3ccc(N4CCCCC4)cc3)n2)cc1. The minimum absolute atomic E-state index is 0.588. The Kier molecular flexibility index (Phi) is 5.92. The molecule has 0 unspecified atom stereocenters. The number of anilines is 4. The summed E-state index contributed by atoms with van der Waals surface area (Å²) >= 11 is 5.92. The van der Waals surface area contributed by atoms with Gasteiger partial charge in [0.25, 0.3) is 0 Å². The molecule has 1 aromatic heterocycles. The minimum Gasteiger partial charge on any atom is -0.372 e.